The fourth-order valence-electron chi connectivity index (χ4n) is 0.928. The van der Waals surface area contributed by atoms with Crippen molar-refractivity contribution in [2.45, 2.75) is 18.4 Å². The second-order valence-corrected chi connectivity index (χ2v) is 2.69. The normalized spacial score (nSPS) is 33.0. The van der Waals surface area contributed by atoms with Gasteiger partial charge in [0.05, 0.1) is 6.54 Å². The summed E-state index contributed by atoms with van der Waals surface area (Å²) in [5.41, 5.74) is 0. The number of thiol groups is 1. The average Bonchev–Trinajstić information content (AvgIpc) is 2.10. The molecule has 1 aliphatic heterocycles. The summed E-state index contributed by atoms with van der Waals surface area (Å²) in [7, 11) is 0. The van der Waals surface area contributed by atoms with Crippen molar-refractivity contribution in [3.05, 3.63) is 0 Å². The van der Waals surface area contributed by atoms with E-state index in [1.54, 1.807) is 0 Å². The second kappa shape index (κ2) is 2.42. The van der Waals surface area contributed by atoms with Crippen molar-refractivity contribution in [3.63, 3.8) is 0 Å². The largest absolute Gasteiger partial charge is 0.307 e. The molecule has 0 bridgehead atoms. The highest BCUT2D eigenvalue weighted by molar-refractivity contribution is 7.80. The van der Waals surface area contributed by atoms with Gasteiger partial charge in [0.15, 0.2) is 0 Å². The standard InChI is InChI=1S/C5H9F2NS/c6-5(7)1-4(2-9)8-3-5/h4,8-9H,1-3H2/t4-/m0/s1. The van der Waals surface area contributed by atoms with Crippen molar-refractivity contribution >= 4 is 12.6 Å². The Bertz CT molecular complexity index is 107. The second-order valence-electron chi connectivity index (χ2n) is 2.32. The van der Waals surface area contributed by atoms with E-state index in [-0.39, 0.29) is 19.0 Å². The first kappa shape index (κ1) is 7.28. The molecule has 54 valence electrons. The van der Waals surface area contributed by atoms with Gasteiger partial charge in [0, 0.05) is 18.2 Å². The molecule has 0 amide bonds. The zero-order valence-corrected chi connectivity index (χ0v) is 5.80. The topological polar surface area (TPSA) is 12.0 Å². The summed E-state index contributed by atoms with van der Waals surface area (Å²) in [6, 6.07) is -0.0941. The number of hydrogen-bond acceptors (Lipinski definition) is 2. The number of alkyl halides is 2. The molecular weight excluding hydrogens is 144 g/mol. The van der Waals surface area contributed by atoms with E-state index in [9.17, 15) is 8.78 Å². The van der Waals surface area contributed by atoms with Crippen LogP contribution < -0.4 is 5.32 Å². The highest BCUT2D eigenvalue weighted by Gasteiger charge is 2.38. The molecule has 0 saturated carbocycles. The van der Waals surface area contributed by atoms with Gasteiger partial charge in [-0.1, -0.05) is 0 Å². The van der Waals surface area contributed by atoms with Crippen molar-refractivity contribution in [1.82, 2.24) is 5.32 Å². The first-order valence-corrected chi connectivity index (χ1v) is 3.49. The van der Waals surface area contributed by atoms with Gasteiger partial charge < -0.3 is 5.32 Å². The van der Waals surface area contributed by atoms with Crippen molar-refractivity contribution in [2.75, 3.05) is 12.3 Å². The van der Waals surface area contributed by atoms with Crippen molar-refractivity contribution < 1.29 is 8.78 Å². The van der Waals surface area contributed by atoms with Crippen LogP contribution in [0.2, 0.25) is 0 Å². The van der Waals surface area contributed by atoms with Crippen molar-refractivity contribution in [1.29, 1.82) is 0 Å². The molecule has 1 rings (SSSR count). The predicted octanol–water partition coefficient (Wildman–Crippen LogP) is 0.913. The summed E-state index contributed by atoms with van der Waals surface area (Å²) >= 11 is 3.90. The van der Waals surface area contributed by atoms with Crippen molar-refractivity contribution in [3.8, 4) is 0 Å². The van der Waals surface area contributed by atoms with Crippen LogP contribution in [0.15, 0.2) is 0 Å². The van der Waals surface area contributed by atoms with Gasteiger partial charge in [0.1, 0.15) is 0 Å². The Morgan fingerprint density at radius 2 is 2.33 bits per heavy atom. The van der Waals surface area contributed by atoms with E-state index < -0.39 is 5.92 Å². The summed E-state index contributed by atoms with van der Waals surface area (Å²) in [4.78, 5) is 0. The molecule has 0 aliphatic carbocycles. The quantitative estimate of drug-likeness (QED) is 0.534. The smallest absolute Gasteiger partial charge is 0.261 e. The molecule has 1 atom stereocenters. The maximum absolute atomic E-state index is 12.3. The van der Waals surface area contributed by atoms with Crippen LogP contribution in [0.4, 0.5) is 8.78 Å². The van der Waals surface area contributed by atoms with Crippen LogP contribution in [-0.2, 0) is 0 Å². The Labute approximate surface area is 58.2 Å². The summed E-state index contributed by atoms with van der Waals surface area (Å²) in [5.74, 6) is -2.00. The molecule has 1 aliphatic rings. The van der Waals surface area contributed by atoms with Gasteiger partial charge in [0.2, 0.25) is 0 Å². The molecule has 0 aromatic heterocycles. The Morgan fingerprint density at radius 3 is 2.56 bits per heavy atom. The van der Waals surface area contributed by atoms with Crippen LogP contribution in [0.3, 0.4) is 0 Å². The highest BCUT2D eigenvalue weighted by atomic mass is 32.1. The van der Waals surface area contributed by atoms with Crippen LogP contribution in [-0.4, -0.2) is 24.3 Å². The molecule has 0 aromatic carbocycles. The summed E-state index contributed by atoms with van der Waals surface area (Å²) in [6.45, 7) is -0.182. The van der Waals surface area contributed by atoms with Crippen LogP contribution in [0.25, 0.3) is 0 Å². The van der Waals surface area contributed by atoms with Gasteiger partial charge in [-0.05, 0) is 0 Å². The van der Waals surface area contributed by atoms with Crippen LogP contribution >= 0.6 is 12.6 Å². The minimum Gasteiger partial charge on any atom is -0.307 e. The van der Waals surface area contributed by atoms with E-state index in [1.165, 1.54) is 0 Å². The monoisotopic (exact) mass is 153 g/mol. The molecule has 1 fully saturated rings. The van der Waals surface area contributed by atoms with Gasteiger partial charge in [-0.3, -0.25) is 0 Å². The minimum atomic E-state index is -2.49. The fourth-order valence-corrected chi connectivity index (χ4v) is 1.19. The van der Waals surface area contributed by atoms with Gasteiger partial charge in [-0.15, -0.1) is 0 Å². The third kappa shape index (κ3) is 1.79. The Balaban J connectivity index is 2.38. The summed E-state index contributed by atoms with van der Waals surface area (Å²) in [6.07, 6.45) is -0.0590. The Kier molecular flexibility index (Phi) is 1.96. The SMILES string of the molecule is FC1(F)CN[C@H](CS)C1. The van der Waals surface area contributed by atoms with Gasteiger partial charge in [0.25, 0.3) is 5.92 Å². The summed E-state index contributed by atoms with van der Waals surface area (Å²) < 4.78 is 24.6. The molecule has 1 N–H and O–H groups in total. The van der Waals surface area contributed by atoms with Crippen molar-refractivity contribution in [2.24, 2.45) is 0 Å². The van der Waals surface area contributed by atoms with E-state index in [2.05, 4.69) is 17.9 Å². The van der Waals surface area contributed by atoms with Crippen LogP contribution in [0.1, 0.15) is 6.42 Å². The van der Waals surface area contributed by atoms with Crippen LogP contribution in [0, 0.1) is 0 Å². The summed E-state index contributed by atoms with van der Waals surface area (Å²) in [5, 5.41) is 2.67. The van der Waals surface area contributed by atoms with E-state index in [0.717, 1.165) is 0 Å². The molecule has 9 heavy (non-hydrogen) atoms. The number of hydrogen-bond donors (Lipinski definition) is 2. The minimum absolute atomic E-state index is 0.0590. The number of nitrogens with one attached hydrogen (secondary N) is 1. The number of halogens is 2. The number of rotatable bonds is 1. The first-order valence-electron chi connectivity index (χ1n) is 2.86. The van der Waals surface area contributed by atoms with E-state index >= 15 is 0 Å². The van der Waals surface area contributed by atoms with E-state index in [4.69, 9.17) is 0 Å². The Morgan fingerprint density at radius 1 is 1.67 bits per heavy atom. The maximum atomic E-state index is 12.3. The molecule has 0 spiro atoms. The molecule has 0 aromatic rings. The third-order valence-electron chi connectivity index (χ3n) is 1.41. The lowest BCUT2D eigenvalue weighted by Gasteiger charge is -2.04. The zero-order chi connectivity index (χ0) is 6.91. The van der Waals surface area contributed by atoms with E-state index in [1.807, 2.05) is 0 Å². The van der Waals surface area contributed by atoms with E-state index in [0.29, 0.717) is 5.75 Å². The van der Waals surface area contributed by atoms with Crippen LogP contribution in [0.5, 0.6) is 0 Å². The molecule has 0 radical (unpaired) electrons. The molecule has 1 nitrogen and oxygen atoms in total. The Hall–Kier alpha value is 0.170. The lowest BCUT2D eigenvalue weighted by Crippen LogP contribution is -2.23. The van der Waals surface area contributed by atoms with Gasteiger partial charge in [-0.25, -0.2) is 8.78 Å². The zero-order valence-electron chi connectivity index (χ0n) is 4.90. The molecule has 4 heteroatoms. The third-order valence-corrected chi connectivity index (χ3v) is 1.86. The van der Waals surface area contributed by atoms with Gasteiger partial charge >= 0.3 is 0 Å². The molecule has 1 saturated heterocycles. The first-order chi connectivity index (χ1) is 4.14. The van der Waals surface area contributed by atoms with Gasteiger partial charge in [-0.2, -0.15) is 12.6 Å². The molecule has 1 heterocycles. The average molecular weight is 153 g/mol. The maximum Gasteiger partial charge on any atom is 0.261 e. The highest BCUT2D eigenvalue weighted by Crippen LogP contribution is 2.25. The fraction of sp³-hybridized carbons (Fsp3) is 1.00. The molecule has 0 unspecified atom stereocenters. The lowest BCUT2D eigenvalue weighted by molar-refractivity contribution is 0.0217. The lowest BCUT2D eigenvalue weighted by atomic mass is 10.2. The molecular formula is C5H9F2NS. The predicted molar refractivity (Wildman–Crippen MR) is 35.2 cm³/mol.